The SMILES string of the molecule is CCn1c(COc2ccc(C)cc2)nnc1SCC(=O)Nc1nc(-c2ccc(Cl)cc2)cs1. The summed E-state index contributed by atoms with van der Waals surface area (Å²) in [5.41, 5.74) is 2.92. The van der Waals surface area contributed by atoms with E-state index in [-0.39, 0.29) is 11.7 Å². The average molecular weight is 500 g/mol. The van der Waals surface area contributed by atoms with E-state index in [1.54, 1.807) is 0 Å². The van der Waals surface area contributed by atoms with Crippen molar-refractivity contribution in [2.24, 2.45) is 0 Å². The maximum absolute atomic E-state index is 12.5. The van der Waals surface area contributed by atoms with Crippen molar-refractivity contribution in [1.82, 2.24) is 19.7 Å². The first-order valence-electron chi connectivity index (χ1n) is 10.3. The number of hydrogen-bond acceptors (Lipinski definition) is 7. The minimum absolute atomic E-state index is 0.153. The maximum Gasteiger partial charge on any atom is 0.236 e. The topological polar surface area (TPSA) is 81.9 Å². The molecule has 0 saturated carbocycles. The lowest BCUT2D eigenvalue weighted by Gasteiger charge is -2.09. The van der Waals surface area contributed by atoms with Gasteiger partial charge >= 0.3 is 0 Å². The molecule has 1 N–H and O–H groups in total. The number of ether oxygens (including phenoxy) is 1. The molecule has 1 amide bonds. The number of aromatic nitrogens is 4. The van der Waals surface area contributed by atoms with Crippen molar-refractivity contribution >= 4 is 45.7 Å². The summed E-state index contributed by atoms with van der Waals surface area (Å²) >= 11 is 8.65. The van der Waals surface area contributed by atoms with Crippen molar-refractivity contribution in [2.45, 2.75) is 32.2 Å². The summed E-state index contributed by atoms with van der Waals surface area (Å²) in [4.78, 5) is 16.9. The number of aryl methyl sites for hydroxylation is 1. The lowest BCUT2D eigenvalue weighted by atomic mass is 10.2. The summed E-state index contributed by atoms with van der Waals surface area (Å²) in [5.74, 6) is 1.54. The number of amides is 1. The molecule has 7 nitrogen and oxygen atoms in total. The lowest BCUT2D eigenvalue weighted by Crippen LogP contribution is -2.14. The zero-order valence-electron chi connectivity index (χ0n) is 18.1. The van der Waals surface area contributed by atoms with Crippen LogP contribution in [0.25, 0.3) is 11.3 Å². The standard InChI is InChI=1S/C23H22ClN5O2S2/c1-3-29-20(12-31-18-10-4-15(2)5-11-18)27-28-23(29)33-14-21(30)26-22-25-19(13-32-22)16-6-8-17(24)9-7-16/h4-11,13H,3,12,14H2,1-2H3,(H,25,26,30). The average Bonchev–Trinajstić information content (AvgIpc) is 3.44. The number of carbonyl (C=O) groups excluding carboxylic acids is 1. The highest BCUT2D eigenvalue weighted by Crippen LogP contribution is 2.26. The second-order valence-corrected chi connectivity index (χ2v) is 9.36. The predicted octanol–water partition coefficient (Wildman–Crippen LogP) is 5.69. The number of rotatable bonds is 9. The van der Waals surface area contributed by atoms with Gasteiger partial charge in [0.1, 0.15) is 12.4 Å². The van der Waals surface area contributed by atoms with Crippen LogP contribution in [-0.4, -0.2) is 31.4 Å². The lowest BCUT2D eigenvalue weighted by molar-refractivity contribution is -0.113. The van der Waals surface area contributed by atoms with E-state index in [0.717, 1.165) is 17.0 Å². The maximum atomic E-state index is 12.5. The largest absolute Gasteiger partial charge is 0.486 e. The summed E-state index contributed by atoms with van der Waals surface area (Å²) in [7, 11) is 0. The third-order valence-electron chi connectivity index (χ3n) is 4.72. The van der Waals surface area contributed by atoms with Crippen LogP contribution < -0.4 is 10.1 Å². The number of halogens is 1. The van der Waals surface area contributed by atoms with E-state index >= 15 is 0 Å². The molecule has 2 aromatic heterocycles. The number of hydrogen-bond donors (Lipinski definition) is 1. The minimum atomic E-state index is -0.153. The van der Waals surface area contributed by atoms with Gasteiger partial charge in [-0.1, -0.05) is 53.2 Å². The van der Waals surface area contributed by atoms with E-state index in [2.05, 4.69) is 20.5 Å². The van der Waals surface area contributed by atoms with Gasteiger partial charge in [0.2, 0.25) is 5.91 Å². The number of nitrogens with zero attached hydrogens (tertiary/aromatic N) is 4. The molecular formula is C23H22ClN5O2S2. The van der Waals surface area contributed by atoms with Gasteiger partial charge in [-0.25, -0.2) is 4.98 Å². The summed E-state index contributed by atoms with van der Waals surface area (Å²) in [6, 6.07) is 15.3. The van der Waals surface area contributed by atoms with Crippen molar-refractivity contribution in [1.29, 1.82) is 0 Å². The molecule has 0 saturated heterocycles. The number of thiazole rings is 1. The Morgan fingerprint density at radius 1 is 1.15 bits per heavy atom. The third-order valence-corrected chi connectivity index (χ3v) is 6.70. The summed E-state index contributed by atoms with van der Waals surface area (Å²) < 4.78 is 7.78. The molecule has 10 heteroatoms. The molecule has 4 aromatic rings. The minimum Gasteiger partial charge on any atom is -0.486 e. The second-order valence-electron chi connectivity index (χ2n) is 7.13. The van der Waals surface area contributed by atoms with Gasteiger partial charge < -0.3 is 14.6 Å². The van der Waals surface area contributed by atoms with Gasteiger partial charge in [0.05, 0.1) is 11.4 Å². The van der Waals surface area contributed by atoms with Crippen molar-refractivity contribution < 1.29 is 9.53 Å². The number of anilines is 1. The smallest absolute Gasteiger partial charge is 0.236 e. The molecule has 33 heavy (non-hydrogen) atoms. The van der Waals surface area contributed by atoms with Crippen molar-refractivity contribution in [3.8, 4) is 17.0 Å². The number of benzene rings is 2. The van der Waals surface area contributed by atoms with E-state index < -0.39 is 0 Å². The van der Waals surface area contributed by atoms with Gasteiger partial charge in [-0.05, 0) is 38.1 Å². The van der Waals surface area contributed by atoms with Crippen LogP contribution in [0.3, 0.4) is 0 Å². The van der Waals surface area contributed by atoms with Crippen molar-refractivity contribution in [2.75, 3.05) is 11.1 Å². The Balaban J connectivity index is 1.32. The quantitative estimate of drug-likeness (QED) is 0.298. The fourth-order valence-electron chi connectivity index (χ4n) is 3.00. The molecule has 0 radical (unpaired) electrons. The molecule has 0 unspecified atom stereocenters. The molecule has 0 aliphatic rings. The predicted molar refractivity (Wildman–Crippen MR) is 133 cm³/mol. The highest BCUT2D eigenvalue weighted by atomic mass is 35.5. The zero-order valence-corrected chi connectivity index (χ0v) is 20.5. The molecule has 0 bridgehead atoms. The van der Waals surface area contributed by atoms with Gasteiger partial charge in [0.25, 0.3) is 0 Å². The third kappa shape index (κ3) is 6.13. The summed E-state index contributed by atoms with van der Waals surface area (Å²) in [5, 5.41) is 15.1. The molecule has 2 heterocycles. The molecular weight excluding hydrogens is 478 g/mol. The second kappa shape index (κ2) is 10.8. The first kappa shape index (κ1) is 23.3. The fraction of sp³-hybridized carbons (Fsp3) is 0.217. The Morgan fingerprint density at radius 3 is 2.64 bits per heavy atom. The van der Waals surface area contributed by atoms with Crippen molar-refractivity contribution in [3.05, 3.63) is 70.3 Å². The molecule has 0 aliphatic carbocycles. The van der Waals surface area contributed by atoms with Crippen LogP contribution in [0.2, 0.25) is 5.02 Å². The van der Waals surface area contributed by atoms with Gasteiger partial charge in [0, 0.05) is 22.5 Å². The van der Waals surface area contributed by atoms with Crippen LogP contribution in [0.1, 0.15) is 18.3 Å². The van der Waals surface area contributed by atoms with Crippen LogP contribution in [0.15, 0.2) is 59.1 Å². The molecule has 0 fully saturated rings. The molecule has 4 rings (SSSR count). The Hall–Kier alpha value is -2.88. The highest BCUT2D eigenvalue weighted by molar-refractivity contribution is 7.99. The molecule has 2 aromatic carbocycles. The van der Waals surface area contributed by atoms with E-state index in [1.165, 1.54) is 28.7 Å². The van der Waals surface area contributed by atoms with E-state index in [9.17, 15) is 4.79 Å². The summed E-state index contributed by atoms with van der Waals surface area (Å²) in [6.45, 7) is 5.03. The van der Waals surface area contributed by atoms with Crippen LogP contribution >= 0.6 is 34.7 Å². The van der Waals surface area contributed by atoms with E-state index in [0.29, 0.717) is 34.3 Å². The molecule has 0 spiro atoms. The Kier molecular flexibility index (Phi) is 7.64. The monoisotopic (exact) mass is 499 g/mol. The first-order chi connectivity index (χ1) is 16.0. The van der Waals surface area contributed by atoms with Gasteiger partial charge in [-0.3, -0.25) is 4.79 Å². The molecule has 0 atom stereocenters. The Labute approximate surface area is 205 Å². The Bertz CT molecular complexity index is 1220. The molecule has 0 aliphatic heterocycles. The number of nitrogens with one attached hydrogen (secondary N) is 1. The highest BCUT2D eigenvalue weighted by Gasteiger charge is 2.15. The van der Waals surface area contributed by atoms with Crippen LogP contribution in [0, 0.1) is 6.92 Å². The first-order valence-corrected chi connectivity index (χ1v) is 12.5. The molecule has 170 valence electrons. The Morgan fingerprint density at radius 2 is 1.91 bits per heavy atom. The number of thioether (sulfide) groups is 1. The fourth-order valence-corrected chi connectivity index (χ4v) is 4.69. The summed E-state index contributed by atoms with van der Waals surface area (Å²) in [6.07, 6.45) is 0. The normalized spacial score (nSPS) is 10.9. The van der Waals surface area contributed by atoms with Gasteiger partial charge in [-0.15, -0.1) is 21.5 Å². The number of carbonyl (C=O) groups is 1. The van der Waals surface area contributed by atoms with Crippen LogP contribution in [0.4, 0.5) is 5.13 Å². The van der Waals surface area contributed by atoms with Crippen LogP contribution in [-0.2, 0) is 17.9 Å². The van der Waals surface area contributed by atoms with E-state index in [1.807, 2.05) is 72.3 Å². The van der Waals surface area contributed by atoms with Crippen molar-refractivity contribution in [3.63, 3.8) is 0 Å². The van der Waals surface area contributed by atoms with Gasteiger partial charge in [-0.2, -0.15) is 0 Å². The van der Waals surface area contributed by atoms with Gasteiger partial charge in [0.15, 0.2) is 16.1 Å². The van der Waals surface area contributed by atoms with Crippen LogP contribution in [0.5, 0.6) is 5.75 Å². The van der Waals surface area contributed by atoms with E-state index in [4.69, 9.17) is 16.3 Å². The zero-order chi connectivity index (χ0) is 23.2.